The number of aromatic nitrogens is 1. The molecule has 33 heavy (non-hydrogen) atoms. The van der Waals surface area contributed by atoms with Gasteiger partial charge in [-0.2, -0.15) is 0 Å². The van der Waals surface area contributed by atoms with Crippen molar-refractivity contribution in [2.24, 2.45) is 0 Å². The van der Waals surface area contributed by atoms with E-state index in [0.29, 0.717) is 21.2 Å². The molecule has 0 N–H and O–H groups in total. The number of methoxy groups -OCH3 is 1. The second kappa shape index (κ2) is 9.29. The average molecular weight is 481 g/mol. The van der Waals surface area contributed by atoms with E-state index in [0.717, 1.165) is 34.3 Å². The first kappa shape index (κ1) is 22.9. The molecule has 3 aromatic rings. The van der Waals surface area contributed by atoms with Gasteiger partial charge in [0.1, 0.15) is 0 Å². The number of halogens is 1. The van der Waals surface area contributed by atoms with Crippen LogP contribution in [0, 0.1) is 13.8 Å². The largest absolute Gasteiger partial charge is 0.465 e. The lowest BCUT2D eigenvalue weighted by atomic mass is 10.1. The summed E-state index contributed by atoms with van der Waals surface area (Å²) in [4.78, 5) is 39.3. The van der Waals surface area contributed by atoms with Crippen LogP contribution in [-0.2, 0) is 16.1 Å². The molecule has 0 saturated carbocycles. The van der Waals surface area contributed by atoms with Gasteiger partial charge in [-0.3, -0.25) is 14.5 Å². The molecule has 2 aromatic carbocycles. The summed E-state index contributed by atoms with van der Waals surface area (Å²) in [5.74, 6) is -0.772. The molecule has 1 fully saturated rings. The molecule has 2 heterocycles. The van der Waals surface area contributed by atoms with Crippen molar-refractivity contribution in [3.8, 4) is 5.69 Å². The first-order chi connectivity index (χ1) is 15.8. The van der Waals surface area contributed by atoms with Gasteiger partial charge in [0, 0.05) is 16.4 Å². The fraction of sp³-hybridized carbons (Fsp3) is 0.160. The Morgan fingerprint density at radius 2 is 1.85 bits per heavy atom. The number of aryl methyl sites for hydroxylation is 1. The predicted molar refractivity (Wildman–Crippen MR) is 130 cm³/mol. The minimum atomic E-state index is -0.429. The van der Waals surface area contributed by atoms with Crippen LogP contribution in [0.1, 0.15) is 32.9 Å². The molecule has 0 radical (unpaired) electrons. The SMILES string of the molecule is COC(=O)c1ccccc1-n1c(C)cc(/C=C2\SC(=O)N(Cc3cccc(Cl)c3)C2=O)c1C. The van der Waals surface area contributed by atoms with Gasteiger partial charge in [-0.25, -0.2) is 4.79 Å². The zero-order chi connectivity index (χ0) is 23.7. The molecule has 0 bridgehead atoms. The Morgan fingerprint density at radius 1 is 1.09 bits per heavy atom. The van der Waals surface area contributed by atoms with E-state index < -0.39 is 5.97 Å². The average Bonchev–Trinajstić information content (AvgIpc) is 3.22. The van der Waals surface area contributed by atoms with Crippen LogP contribution < -0.4 is 0 Å². The fourth-order valence-corrected chi connectivity index (χ4v) is 4.89. The summed E-state index contributed by atoms with van der Waals surface area (Å²) in [6.07, 6.45) is 1.72. The molecule has 1 aliphatic rings. The minimum Gasteiger partial charge on any atom is -0.465 e. The van der Waals surface area contributed by atoms with Gasteiger partial charge in [0.05, 0.1) is 29.8 Å². The summed E-state index contributed by atoms with van der Waals surface area (Å²) >= 11 is 6.94. The third kappa shape index (κ3) is 4.47. The zero-order valence-corrected chi connectivity index (χ0v) is 19.9. The fourth-order valence-electron chi connectivity index (χ4n) is 3.85. The second-order valence-electron chi connectivity index (χ2n) is 7.57. The molecule has 0 aliphatic carbocycles. The van der Waals surface area contributed by atoms with Crippen LogP contribution in [0.5, 0.6) is 0 Å². The zero-order valence-electron chi connectivity index (χ0n) is 18.3. The number of thioether (sulfide) groups is 1. The van der Waals surface area contributed by atoms with Crippen LogP contribution in [0.2, 0.25) is 5.02 Å². The van der Waals surface area contributed by atoms with Gasteiger partial charge < -0.3 is 9.30 Å². The highest BCUT2D eigenvalue weighted by Crippen LogP contribution is 2.35. The van der Waals surface area contributed by atoms with Crippen molar-refractivity contribution >= 4 is 46.6 Å². The van der Waals surface area contributed by atoms with E-state index in [1.807, 2.05) is 42.7 Å². The van der Waals surface area contributed by atoms with Crippen LogP contribution >= 0.6 is 23.4 Å². The first-order valence-electron chi connectivity index (χ1n) is 10.2. The third-order valence-corrected chi connectivity index (χ3v) is 6.55. The normalized spacial score (nSPS) is 14.9. The molecule has 0 unspecified atom stereocenters. The summed E-state index contributed by atoms with van der Waals surface area (Å²) in [6, 6.07) is 16.2. The number of ether oxygens (including phenoxy) is 1. The van der Waals surface area contributed by atoms with Gasteiger partial charge in [0.25, 0.3) is 11.1 Å². The van der Waals surface area contributed by atoms with Crippen LogP contribution in [0.4, 0.5) is 4.79 Å². The molecule has 1 aromatic heterocycles. The molecule has 4 rings (SSSR count). The summed E-state index contributed by atoms with van der Waals surface area (Å²) < 4.78 is 6.86. The number of esters is 1. The number of imide groups is 1. The Hall–Kier alpha value is -3.29. The van der Waals surface area contributed by atoms with E-state index in [4.69, 9.17) is 16.3 Å². The Balaban J connectivity index is 1.67. The molecular weight excluding hydrogens is 460 g/mol. The maximum atomic E-state index is 13.0. The van der Waals surface area contributed by atoms with Gasteiger partial charge in [-0.1, -0.05) is 35.9 Å². The second-order valence-corrected chi connectivity index (χ2v) is 9.00. The smallest absolute Gasteiger partial charge is 0.339 e. The molecule has 1 saturated heterocycles. The predicted octanol–water partition coefficient (Wildman–Crippen LogP) is 5.77. The number of para-hydroxylation sites is 1. The number of nitrogens with zero attached hydrogens (tertiary/aromatic N) is 2. The topological polar surface area (TPSA) is 68.6 Å². The first-order valence-corrected chi connectivity index (χ1v) is 11.4. The Labute approximate surface area is 200 Å². The van der Waals surface area contributed by atoms with E-state index >= 15 is 0 Å². The van der Waals surface area contributed by atoms with E-state index in [1.54, 1.807) is 36.4 Å². The maximum absolute atomic E-state index is 13.0. The number of rotatable bonds is 5. The van der Waals surface area contributed by atoms with Crippen molar-refractivity contribution in [2.75, 3.05) is 7.11 Å². The molecular formula is C25H21ClN2O4S. The quantitative estimate of drug-likeness (QED) is 0.342. The van der Waals surface area contributed by atoms with Gasteiger partial charge in [0.15, 0.2) is 0 Å². The number of carbonyl (C=O) groups excluding carboxylic acids is 3. The van der Waals surface area contributed by atoms with Crippen LogP contribution in [0.25, 0.3) is 11.8 Å². The van der Waals surface area contributed by atoms with Crippen molar-refractivity contribution in [1.82, 2.24) is 9.47 Å². The number of hydrogen-bond acceptors (Lipinski definition) is 5. The van der Waals surface area contributed by atoms with Gasteiger partial charge in [-0.15, -0.1) is 0 Å². The molecule has 0 spiro atoms. The number of benzene rings is 2. The molecule has 0 atom stereocenters. The van der Waals surface area contributed by atoms with Crippen molar-refractivity contribution < 1.29 is 19.1 Å². The highest BCUT2D eigenvalue weighted by molar-refractivity contribution is 8.18. The van der Waals surface area contributed by atoms with Crippen LogP contribution in [0.3, 0.4) is 0 Å². The van der Waals surface area contributed by atoms with Crippen molar-refractivity contribution in [3.63, 3.8) is 0 Å². The maximum Gasteiger partial charge on any atom is 0.339 e. The highest BCUT2D eigenvalue weighted by Gasteiger charge is 2.35. The van der Waals surface area contributed by atoms with E-state index in [2.05, 4.69) is 0 Å². The lowest BCUT2D eigenvalue weighted by Gasteiger charge is -2.13. The summed E-state index contributed by atoms with van der Waals surface area (Å²) in [6.45, 7) is 3.99. The van der Waals surface area contributed by atoms with Gasteiger partial charge in [-0.05, 0) is 73.1 Å². The summed E-state index contributed by atoms with van der Waals surface area (Å²) in [7, 11) is 1.35. The number of hydrogen-bond donors (Lipinski definition) is 0. The lowest BCUT2D eigenvalue weighted by molar-refractivity contribution is -0.123. The highest BCUT2D eigenvalue weighted by atomic mass is 35.5. The van der Waals surface area contributed by atoms with Gasteiger partial charge >= 0.3 is 5.97 Å². The molecule has 168 valence electrons. The van der Waals surface area contributed by atoms with Gasteiger partial charge in [0.2, 0.25) is 0 Å². The van der Waals surface area contributed by atoms with E-state index in [1.165, 1.54) is 12.0 Å². The summed E-state index contributed by atoms with van der Waals surface area (Å²) in [5.41, 5.74) is 4.42. The minimum absolute atomic E-state index is 0.161. The monoisotopic (exact) mass is 480 g/mol. The Bertz CT molecular complexity index is 1310. The van der Waals surface area contributed by atoms with Crippen LogP contribution in [0.15, 0.2) is 59.5 Å². The Kier molecular flexibility index (Phi) is 6.44. The van der Waals surface area contributed by atoms with E-state index in [9.17, 15) is 14.4 Å². The molecule has 2 amide bonds. The van der Waals surface area contributed by atoms with Crippen molar-refractivity contribution in [1.29, 1.82) is 0 Å². The number of amides is 2. The van der Waals surface area contributed by atoms with Crippen LogP contribution in [-0.4, -0.2) is 33.7 Å². The Morgan fingerprint density at radius 3 is 2.58 bits per heavy atom. The molecule has 1 aliphatic heterocycles. The van der Waals surface area contributed by atoms with Crippen molar-refractivity contribution in [3.05, 3.63) is 92.6 Å². The lowest BCUT2D eigenvalue weighted by Crippen LogP contribution is -2.27. The number of carbonyl (C=O) groups is 3. The third-order valence-electron chi connectivity index (χ3n) is 5.41. The molecule has 6 nitrogen and oxygen atoms in total. The standard InChI is InChI=1S/C25H21ClN2O4S/c1-15-11-18(16(2)28(15)21-10-5-4-9-20(21)24(30)32-3)13-22-23(29)27(25(31)33-22)14-17-7-6-8-19(26)12-17/h4-13H,14H2,1-3H3/b22-13-. The summed E-state index contributed by atoms with van der Waals surface area (Å²) in [5, 5.41) is 0.228. The van der Waals surface area contributed by atoms with E-state index in [-0.39, 0.29) is 17.7 Å². The van der Waals surface area contributed by atoms with Crippen molar-refractivity contribution in [2.45, 2.75) is 20.4 Å². The molecule has 8 heteroatoms.